The van der Waals surface area contributed by atoms with Crippen LogP contribution in [0.2, 0.25) is 0 Å². The van der Waals surface area contributed by atoms with Crippen LogP contribution in [0.3, 0.4) is 0 Å². The largest absolute Gasteiger partial charge is 0.478 e. The molecule has 1 fully saturated rings. The van der Waals surface area contributed by atoms with Gasteiger partial charge in [0, 0.05) is 18.2 Å². The minimum atomic E-state index is -1.09. The third-order valence-electron chi connectivity index (χ3n) is 3.38. The topological polar surface area (TPSA) is 66.4 Å². The number of amides is 1. The van der Waals surface area contributed by atoms with Gasteiger partial charge in [-0.2, -0.15) is 0 Å². The van der Waals surface area contributed by atoms with Crippen LogP contribution in [0.4, 0.5) is 0 Å². The fourth-order valence-corrected chi connectivity index (χ4v) is 2.51. The van der Waals surface area contributed by atoms with Crippen LogP contribution in [-0.4, -0.2) is 23.0 Å². The molecule has 0 saturated heterocycles. The normalized spacial score (nSPS) is 25.1. The van der Waals surface area contributed by atoms with Crippen molar-refractivity contribution in [2.75, 3.05) is 0 Å². The zero-order chi connectivity index (χ0) is 12.8. The van der Waals surface area contributed by atoms with E-state index in [1.54, 1.807) is 0 Å². The van der Waals surface area contributed by atoms with Crippen LogP contribution < -0.4 is 5.32 Å². The number of carboxylic acids is 1. The molecule has 2 atom stereocenters. The summed E-state index contributed by atoms with van der Waals surface area (Å²) in [6.45, 7) is 4.34. The second-order valence-electron chi connectivity index (χ2n) is 4.98. The second-order valence-corrected chi connectivity index (χ2v) is 4.98. The highest BCUT2D eigenvalue weighted by atomic mass is 16.4. The van der Waals surface area contributed by atoms with Crippen molar-refractivity contribution in [1.82, 2.24) is 5.32 Å². The summed E-state index contributed by atoms with van der Waals surface area (Å²) in [5, 5.41) is 11.4. The lowest BCUT2D eigenvalue weighted by Gasteiger charge is -2.34. The molecule has 4 nitrogen and oxygen atoms in total. The summed E-state index contributed by atoms with van der Waals surface area (Å²) in [6.07, 6.45) is 6.47. The summed E-state index contributed by atoms with van der Waals surface area (Å²) >= 11 is 0. The van der Waals surface area contributed by atoms with Crippen molar-refractivity contribution in [2.45, 2.75) is 45.6 Å². The first kappa shape index (κ1) is 13.7. The zero-order valence-electron chi connectivity index (χ0n) is 10.5. The standard InChI is InChI=1S/C13H21NO3/c1-9(2)10-5-3-4-6-11(10)14-12(15)7-8-13(16)17/h7-11H,3-6H2,1-2H3,(H,14,15)(H,16,17)/b8-7+. The molecule has 0 aromatic heterocycles. The highest BCUT2D eigenvalue weighted by Crippen LogP contribution is 2.30. The van der Waals surface area contributed by atoms with Gasteiger partial charge in [0.1, 0.15) is 0 Å². The molecule has 17 heavy (non-hydrogen) atoms. The van der Waals surface area contributed by atoms with E-state index in [2.05, 4.69) is 19.2 Å². The van der Waals surface area contributed by atoms with Crippen molar-refractivity contribution in [2.24, 2.45) is 11.8 Å². The van der Waals surface area contributed by atoms with Gasteiger partial charge in [0.15, 0.2) is 0 Å². The Kier molecular flexibility index (Phi) is 5.19. The maximum Gasteiger partial charge on any atom is 0.328 e. The summed E-state index contributed by atoms with van der Waals surface area (Å²) in [5.41, 5.74) is 0. The second kappa shape index (κ2) is 6.42. The molecule has 0 aromatic carbocycles. The molecule has 1 aliphatic rings. The first-order chi connectivity index (χ1) is 8.00. The Hall–Kier alpha value is -1.32. The smallest absolute Gasteiger partial charge is 0.328 e. The van der Waals surface area contributed by atoms with E-state index in [0.29, 0.717) is 11.8 Å². The van der Waals surface area contributed by atoms with E-state index in [-0.39, 0.29) is 11.9 Å². The number of carboxylic acid groups (broad SMARTS) is 1. The highest BCUT2D eigenvalue weighted by Gasteiger charge is 2.28. The monoisotopic (exact) mass is 239 g/mol. The summed E-state index contributed by atoms with van der Waals surface area (Å²) in [4.78, 5) is 21.8. The molecule has 2 unspecified atom stereocenters. The van der Waals surface area contributed by atoms with Crippen molar-refractivity contribution in [1.29, 1.82) is 0 Å². The van der Waals surface area contributed by atoms with E-state index in [0.717, 1.165) is 31.4 Å². The molecule has 0 bridgehead atoms. The number of carbonyl (C=O) groups is 2. The number of carbonyl (C=O) groups excluding carboxylic acids is 1. The molecule has 0 spiro atoms. The van der Waals surface area contributed by atoms with Crippen molar-refractivity contribution in [3.8, 4) is 0 Å². The highest BCUT2D eigenvalue weighted by molar-refractivity contribution is 5.94. The summed E-state index contributed by atoms with van der Waals surface area (Å²) in [6, 6.07) is 0.190. The lowest BCUT2D eigenvalue weighted by atomic mass is 9.78. The first-order valence-corrected chi connectivity index (χ1v) is 6.22. The number of rotatable bonds is 4. The lowest BCUT2D eigenvalue weighted by Crippen LogP contribution is -2.43. The number of hydrogen-bond acceptors (Lipinski definition) is 2. The molecule has 0 aliphatic heterocycles. The molecule has 0 aromatic rings. The van der Waals surface area contributed by atoms with Crippen LogP contribution in [0, 0.1) is 11.8 Å². The lowest BCUT2D eigenvalue weighted by molar-refractivity contribution is -0.131. The van der Waals surface area contributed by atoms with Crippen LogP contribution in [0.5, 0.6) is 0 Å². The number of nitrogens with one attached hydrogen (secondary N) is 1. The van der Waals surface area contributed by atoms with Gasteiger partial charge < -0.3 is 10.4 Å². The van der Waals surface area contributed by atoms with Gasteiger partial charge in [-0.05, 0) is 24.7 Å². The van der Waals surface area contributed by atoms with E-state index in [9.17, 15) is 9.59 Å². The third kappa shape index (κ3) is 4.59. The average molecular weight is 239 g/mol. The summed E-state index contributed by atoms with van der Waals surface area (Å²) in [7, 11) is 0. The Bertz CT molecular complexity index is 310. The molecular formula is C13H21NO3. The molecule has 4 heteroatoms. The van der Waals surface area contributed by atoms with Crippen LogP contribution in [0.1, 0.15) is 39.5 Å². The molecule has 1 saturated carbocycles. The molecule has 0 radical (unpaired) electrons. The van der Waals surface area contributed by atoms with E-state index >= 15 is 0 Å². The Morgan fingerprint density at radius 3 is 2.47 bits per heavy atom. The fraction of sp³-hybridized carbons (Fsp3) is 0.692. The fourth-order valence-electron chi connectivity index (χ4n) is 2.51. The number of hydrogen-bond donors (Lipinski definition) is 2. The van der Waals surface area contributed by atoms with Gasteiger partial charge in [-0.3, -0.25) is 4.79 Å². The molecular weight excluding hydrogens is 218 g/mol. The van der Waals surface area contributed by atoms with E-state index in [4.69, 9.17) is 5.11 Å². The molecule has 96 valence electrons. The van der Waals surface area contributed by atoms with Gasteiger partial charge in [0.2, 0.25) is 5.91 Å². The van der Waals surface area contributed by atoms with Gasteiger partial charge in [0.05, 0.1) is 0 Å². The molecule has 0 heterocycles. The number of aliphatic carboxylic acids is 1. The third-order valence-corrected chi connectivity index (χ3v) is 3.38. The van der Waals surface area contributed by atoms with Gasteiger partial charge in [-0.25, -0.2) is 4.79 Å². The van der Waals surface area contributed by atoms with Crippen molar-refractivity contribution in [3.05, 3.63) is 12.2 Å². The van der Waals surface area contributed by atoms with Crippen LogP contribution in [0.15, 0.2) is 12.2 Å². The molecule has 2 N–H and O–H groups in total. The quantitative estimate of drug-likeness (QED) is 0.737. The predicted octanol–water partition coefficient (Wildman–Crippen LogP) is 1.96. The maximum atomic E-state index is 11.5. The van der Waals surface area contributed by atoms with E-state index in [1.165, 1.54) is 6.42 Å². The molecule has 1 rings (SSSR count). The molecule has 1 aliphatic carbocycles. The Morgan fingerprint density at radius 1 is 1.24 bits per heavy atom. The Morgan fingerprint density at radius 2 is 1.88 bits per heavy atom. The van der Waals surface area contributed by atoms with Crippen molar-refractivity contribution < 1.29 is 14.7 Å². The van der Waals surface area contributed by atoms with Crippen LogP contribution in [-0.2, 0) is 9.59 Å². The van der Waals surface area contributed by atoms with E-state index < -0.39 is 5.97 Å². The Labute approximate surface area is 102 Å². The summed E-state index contributed by atoms with van der Waals surface area (Å²) in [5.74, 6) is -0.343. The van der Waals surface area contributed by atoms with Gasteiger partial charge in [-0.15, -0.1) is 0 Å². The van der Waals surface area contributed by atoms with E-state index in [1.807, 2.05) is 0 Å². The minimum absolute atomic E-state index is 0.190. The first-order valence-electron chi connectivity index (χ1n) is 6.22. The van der Waals surface area contributed by atoms with Crippen LogP contribution >= 0.6 is 0 Å². The summed E-state index contributed by atoms with van der Waals surface area (Å²) < 4.78 is 0. The minimum Gasteiger partial charge on any atom is -0.478 e. The van der Waals surface area contributed by atoms with Crippen molar-refractivity contribution >= 4 is 11.9 Å². The predicted molar refractivity (Wildman–Crippen MR) is 65.5 cm³/mol. The average Bonchev–Trinajstić information content (AvgIpc) is 2.27. The maximum absolute atomic E-state index is 11.5. The van der Waals surface area contributed by atoms with Gasteiger partial charge in [-0.1, -0.05) is 26.7 Å². The van der Waals surface area contributed by atoms with Crippen LogP contribution in [0.25, 0.3) is 0 Å². The van der Waals surface area contributed by atoms with Crippen molar-refractivity contribution in [3.63, 3.8) is 0 Å². The zero-order valence-corrected chi connectivity index (χ0v) is 10.5. The SMILES string of the molecule is CC(C)C1CCCCC1NC(=O)/C=C/C(=O)O. The molecule has 1 amide bonds. The van der Waals surface area contributed by atoms with Gasteiger partial charge >= 0.3 is 5.97 Å². The Balaban J connectivity index is 2.53. The van der Waals surface area contributed by atoms with Gasteiger partial charge in [0.25, 0.3) is 0 Å².